The number of ether oxygens (including phenoxy) is 2. The molecule has 92 valence electrons. The fourth-order valence-corrected chi connectivity index (χ4v) is 1.99. The van der Waals surface area contributed by atoms with Gasteiger partial charge in [0.25, 0.3) is 0 Å². The fourth-order valence-electron chi connectivity index (χ4n) is 1.66. The fraction of sp³-hybridized carbons (Fsp3) is 0.167. The van der Waals surface area contributed by atoms with Crippen LogP contribution in [-0.2, 0) is 0 Å². The molecule has 2 heterocycles. The van der Waals surface area contributed by atoms with Gasteiger partial charge >= 0.3 is 0 Å². The maximum absolute atomic E-state index is 5.94. The van der Waals surface area contributed by atoms with Gasteiger partial charge in [0, 0.05) is 6.20 Å². The highest BCUT2D eigenvalue weighted by molar-refractivity contribution is 9.10. The molecule has 0 spiro atoms. The lowest BCUT2D eigenvalue weighted by Gasteiger charge is -2.25. The molecule has 1 atom stereocenters. The number of benzene rings is 1. The van der Waals surface area contributed by atoms with Crippen LogP contribution in [0.1, 0.15) is 11.9 Å². The van der Waals surface area contributed by atoms with Gasteiger partial charge in [-0.15, -0.1) is 0 Å². The van der Waals surface area contributed by atoms with Crippen LogP contribution >= 0.6 is 27.5 Å². The first-order valence-corrected chi connectivity index (χ1v) is 6.47. The largest absolute Gasteiger partial charge is 0.485 e. The van der Waals surface area contributed by atoms with Crippen molar-refractivity contribution >= 4 is 27.5 Å². The molecule has 0 saturated heterocycles. The van der Waals surface area contributed by atoms with Crippen molar-refractivity contribution in [3.8, 4) is 11.5 Å². The monoisotopic (exact) mass is 326 g/mol. The van der Waals surface area contributed by atoms with E-state index in [1.807, 2.05) is 24.3 Å². The number of aromatic nitrogens is 2. The standard InChI is InChI=1S/C12H8BrClN2O2/c13-7-5-15-12(16-11(7)14)10-6-17-8-3-1-2-4-9(8)18-10/h1-5,10H,6H2. The summed E-state index contributed by atoms with van der Waals surface area (Å²) in [5.41, 5.74) is 0. The molecule has 0 amide bonds. The van der Waals surface area contributed by atoms with Crippen LogP contribution in [0.3, 0.4) is 0 Å². The number of hydrogen-bond acceptors (Lipinski definition) is 4. The first kappa shape index (κ1) is 11.7. The molecule has 3 rings (SSSR count). The van der Waals surface area contributed by atoms with Crippen molar-refractivity contribution in [1.29, 1.82) is 0 Å². The average molecular weight is 328 g/mol. The molecule has 0 saturated carbocycles. The Labute approximate surface area is 117 Å². The summed E-state index contributed by atoms with van der Waals surface area (Å²) >= 11 is 9.19. The zero-order valence-corrected chi connectivity index (χ0v) is 11.5. The molecule has 2 aromatic rings. The van der Waals surface area contributed by atoms with Gasteiger partial charge in [-0.3, -0.25) is 0 Å². The SMILES string of the molecule is Clc1nc(C2COc3ccccc3O2)ncc1Br. The van der Waals surface area contributed by atoms with Gasteiger partial charge in [0.05, 0.1) is 4.47 Å². The lowest BCUT2D eigenvalue weighted by atomic mass is 10.2. The van der Waals surface area contributed by atoms with Crippen LogP contribution in [0.2, 0.25) is 5.15 Å². The van der Waals surface area contributed by atoms with Gasteiger partial charge in [-0.25, -0.2) is 9.97 Å². The predicted octanol–water partition coefficient (Wildman–Crippen LogP) is 3.41. The summed E-state index contributed by atoms with van der Waals surface area (Å²) < 4.78 is 12.0. The van der Waals surface area contributed by atoms with Crippen molar-refractivity contribution in [2.24, 2.45) is 0 Å². The molecule has 0 aliphatic carbocycles. The summed E-state index contributed by atoms with van der Waals surface area (Å²) in [6.45, 7) is 0.370. The summed E-state index contributed by atoms with van der Waals surface area (Å²) in [7, 11) is 0. The Balaban J connectivity index is 1.89. The Kier molecular flexibility index (Phi) is 3.09. The minimum Gasteiger partial charge on any atom is -0.485 e. The van der Waals surface area contributed by atoms with E-state index in [1.54, 1.807) is 6.20 Å². The zero-order chi connectivity index (χ0) is 12.5. The molecule has 0 radical (unpaired) electrons. The van der Waals surface area contributed by atoms with Crippen molar-refractivity contribution < 1.29 is 9.47 Å². The van der Waals surface area contributed by atoms with Gasteiger partial charge in [-0.1, -0.05) is 23.7 Å². The summed E-state index contributed by atoms with van der Waals surface area (Å²) in [6.07, 6.45) is 1.26. The Bertz CT molecular complexity index is 594. The molecule has 1 aliphatic heterocycles. The predicted molar refractivity (Wildman–Crippen MR) is 70.0 cm³/mol. The average Bonchev–Trinajstić information content (AvgIpc) is 2.41. The molecule has 4 nitrogen and oxygen atoms in total. The molecule has 1 aromatic carbocycles. The number of nitrogens with zero attached hydrogens (tertiary/aromatic N) is 2. The zero-order valence-electron chi connectivity index (χ0n) is 9.14. The van der Waals surface area contributed by atoms with Gasteiger partial charge in [0.1, 0.15) is 11.8 Å². The molecule has 1 unspecified atom stereocenters. The molecule has 1 aromatic heterocycles. The molecule has 0 bridgehead atoms. The molecule has 6 heteroatoms. The van der Waals surface area contributed by atoms with E-state index in [2.05, 4.69) is 25.9 Å². The summed E-state index contributed by atoms with van der Waals surface area (Å²) in [5, 5.41) is 0.363. The van der Waals surface area contributed by atoms with E-state index < -0.39 is 0 Å². The van der Waals surface area contributed by atoms with Crippen LogP contribution in [-0.4, -0.2) is 16.6 Å². The third-order valence-corrected chi connectivity index (χ3v) is 3.61. The van der Waals surface area contributed by atoms with Crippen LogP contribution in [0.15, 0.2) is 34.9 Å². The van der Waals surface area contributed by atoms with Crippen LogP contribution in [0.25, 0.3) is 0 Å². The van der Waals surface area contributed by atoms with Crippen molar-refractivity contribution in [2.45, 2.75) is 6.10 Å². The van der Waals surface area contributed by atoms with Crippen molar-refractivity contribution in [3.05, 3.63) is 45.9 Å². The summed E-state index contributed by atoms with van der Waals surface area (Å²) in [6, 6.07) is 7.50. The first-order valence-electron chi connectivity index (χ1n) is 5.30. The van der Waals surface area contributed by atoms with E-state index in [-0.39, 0.29) is 6.10 Å². The number of para-hydroxylation sites is 2. The summed E-state index contributed by atoms with van der Waals surface area (Å²) in [5.74, 6) is 1.94. The highest BCUT2D eigenvalue weighted by Gasteiger charge is 2.25. The molecule has 0 fully saturated rings. The Morgan fingerprint density at radius 3 is 2.83 bits per heavy atom. The number of hydrogen-bond donors (Lipinski definition) is 0. The van der Waals surface area contributed by atoms with E-state index in [0.29, 0.717) is 27.8 Å². The second-order valence-electron chi connectivity index (χ2n) is 3.73. The van der Waals surface area contributed by atoms with Crippen LogP contribution in [0.5, 0.6) is 11.5 Å². The van der Waals surface area contributed by atoms with E-state index in [0.717, 1.165) is 5.75 Å². The minimum atomic E-state index is -0.342. The minimum absolute atomic E-state index is 0.342. The summed E-state index contributed by atoms with van der Waals surface area (Å²) in [4.78, 5) is 8.36. The Morgan fingerprint density at radius 2 is 2.06 bits per heavy atom. The third-order valence-electron chi connectivity index (χ3n) is 2.52. The van der Waals surface area contributed by atoms with Crippen LogP contribution in [0, 0.1) is 0 Å². The van der Waals surface area contributed by atoms with Gasteiger partial charge in [-0.05, 0) is 28.1 Å². The van der Waals surface area contributed by atoms with E-state index in [9.17, 15) is 0 Å². The maximum atomic E-state index is 5.94. The van der Waals surface area contributed by atoms with Gasteiger partial charge in [0.2, 0.25) is 0 Å². The van der Waals surface area contributed by atoms with Crippen molar-refractivity contribution in [1.82, 2.24) is 9.97 Å². The number of rotatable bonds is 1. The smallest absolute Gasteiger partial charge is 0.192 e. The van der Waals surface area contributed by atoms with Gasteiger partial charge < -0.3 is 9.47 Å². The van der Waals surface area contributed by atoms with Crippen LogP contribution in [0.4, 0.5) is 0 Å². The van der Waals surface area contributed by atoms with Crippen LogP contribution < -0.4 is 9.47 Å². The van der Waals surface area contributed by atoms with Gasteiger partial charge in [-0.2, -0.15) is 0 Å². The molecule has 1 aliphatic rings. The lowest BCUT2D eigenvalue weighted by Crippen LogP contribution is -2.23. The van der Waals surface area contributed by atoms with Crippen molar-refractivity contribution in [3.63, 3.8) is 0 Å². The molecular formula is C12H8BrClN2O2. The second kappa shape index (κ2) is 4.74. The lowest BCUT2D eigenvalue weighted by molar-refractivity contribution is 0.0850. The Hall–Kier alpha value is -1.33. The molecule has 18 heavy (non-hydrogen) atoms. The van der Waals surface area contributed by atoms with E-state index >= 15 is 0 Å². The van der Waals surface area contributed by atoms with Gasteiger partial charge in [0.15, 0.2) is 23.4 Å². The Morgan fingerprint density at radius 1 is 1.28 bits per heavy atom. The maximum Gasteiger partial charge on any atom is 0.192 e. The van der Waals surface area contributed by atoms with E-state index in [1.165, 1.54) is 0 Å². The second-order valence-corrected chi connectivity index (χ2v) is 4.94. The quantitative estimate of drug-likeness (QED) is 0.753. The number of fused-ring (bicyclic) bond motifs is 1. The van der Waals surface area contributed by atoms with E-state index in [4.69, 9.17) is 21.1 Å². The normalized spacial score (nSPS) is 17.6. The highest BCUT2D eigenvalue weighted by atomic mass is 79.9. The molecule has 0 N–H and O–H groups in total. The third kappa shape index (κ3) is 2.15. The highest BCUT2D eigenvalue weighted by Crippen LogP contribution is 2.35. The number of halogens is 2. The first-order chi connectivity index (χ1) is 8.74. The molecular weight excluding hydrogens is 320 g/mol. The topological polar surface area (TPSA) is 44.2 Å². The van der Waals surface area contributed by atoms with Crippen molar-refractivity contribution in [2.75, 3.05) is 6.61 Å².